The van der Waals surface area contributed by atoms with E-state index in [1.165, 1.54) is 12.1 Å². The maximum atomic E-state index is 12.4. The molecule has 0 aromatic heterocycles. The van der Waals surface area contributed by atoms with E-state index in [0.29, 0.717) is 12.1 Å². The number of benzene rings is 1. The summed E-state index contributed by atoms with van der Waals surface area (Å²) in [5.41, 5.74) is 6.54. The average molecular weight is 305 g/mol. The van der Waals surface area contributed by atoms with Crippen molar-refractivity contribution in [3.63, 3.8) is 0 Å². The van der Waals surface area contributed by atoms with Crippen LogP contribution in [0.15, 0.2) is 18.2 Å². The largest absolute Gasteiger partial charge is 0.573 e. The van der Waals surface area contributed by atoms with Gasteiger partial charge in [-0.25, -0.2) is 0 Å². The van der Waals surface area contributed by atoms with Crippen LogP contribution in [0.1, 0.15) is 38.8 Å². The molecule has 0 amide bonds. The molecule has 1 rings (SSSR count). The van der Waals surface area contributed by atoms with E-state index in [1.54, 1.807) is 6.92 Å². The summed E-state index contributed by atoms with van der Waals surface area (Å²) in [6.45, 7) is 8.12. The molecule has 0 saturated heterocycles. The second kappa shape index (κ2) is 6.66. The SMILES string of the molecule is C[C@@H](CN)OCc1cc(OC(F)(F)F)cc(C(C)(C)C)c1. The highest BCUT2D eigenvalue weighted by molar-refractivity contribution is 5.37. The molecule has 120 valence electrons. The van der Waals surface area contributed by atoms with Gasteiger partial charge in [-0.15, -0.1) is 13.2 Å². The third kappa shape index (κ3) is 6.35. The normalized spacial score (nSPS) is 14.1. The summed E-state index contributed by atoms with van der Waals surface area (Å²) in [6, 6.07) is 4.57. The molecule has 0 bridgehead atoms. The molecule has 0 spiro atoms. The zero-order valence-electron chi connectivity index (χ0n) is 12.8. The number of nitrogens with two attached hydrogens (primary N) is 1. The van der Waals surface area contributed by atoms with Gasteiger partial charge in [-0.3, -0.25) is 0 Å². The van der Waals surface area contributed by atoms with Crippen molar-refractivity contribution in [3.05, 3.63) is 29.3 Å². The maximum absolute atomic E-state index is 12.4. The lowest BCUT2D eigenvalue weighted by molar-refractivity contribution is -0.274. The van der Waals surface area contributed by atoms with Crippen molar-refractivity contribution in [1.82, 2.24) is 0 Å². The Morgan fingerprint density at radius 3 is 2.24 bits per heavy atom. The summed E-state index contributed by atoms with van der Waals surface area (Å²) < 4.78 is 46.7. The first-order valence-corrected chi connectivity index (χ1v) is 6.73. The minimum atomic E-state index is -4.71. The van der Waals surface area contributed by atoms with Gasteiger partial charge in [-0.1, -0.05) is 26.8 Å². The van der Waals surface area contributed by atoms with E-state index in [-0.39, 0.29) is 23.9 Å². The molecule has 1 aromatic carbocycles. The van der Waals surface area contributed by atoms with Crippen LogP contribution in [-0.4, -0.2) is 19.0 Å². The van der Waals surface area contributed by atoms with Crippen LogP contribution in [0.4, 0.5) is 13.2 Å². The van der Waals surface area contributed by atoms with E-state index in [9.17, 15) is 13.2 Å². The van der Waals surface area contributed by atoms with Gasteiger partial charge in [0.25, 0.3) is 0 Å². The Balaban J connectivity index is 3.04. The molecule has 0 fully saturated rings. The molecule has 0 aliphatic rings. The summed E-state index contributed by atoms with van der Waals surface area (Å²) in [4.78, 5) is 0. The van der Waals surface area contributed by atoms with Gasteiger partial charge in [0.15, 0.2) is 0 Å². The predicted octanol–water partition coefficient (Wildman–Crippen LogP) is 3.75. The summed E-state index contributed by atoms with van der Waals surface area (Å²) in [6.07, 6.45) is -4.87. The van der Waals surface area contributed by atoms with E-state index in [1.807, 2.05) is 26.8 Å². The average Bonchev–Trinajstić information content (AvgIpc) is 2.32. The maximum Gasteiger partial charge on any atom is 0.573 e. The number of halogens is 3. The Labute approximate surface area is 123 Å². The Morgan fingerprint density at radius 1 is 1.14 bits per heavy atom. The van der Waals surface area contributed by atoms with Crippen LogP contribution in [0.25, 0.3) is 0 Å². The highest BCUT2D eigenvalue weighted by Crippen LogP contribution is 2.31. The van der Waals surface area contributed by atoms with E-state index in [4.69, 9.17) is 10.5 Å². The highest BCUT2D eigenvalue weighted by atomic mass is 19.4. The highest BCUT2D eigenvalue weighted by Gasteiger charge is 2.31. The van der Waals surface area contributed by atoms with Gasteiger partial charge in [0, 0.05) is 6.54 Å². The standard InChI is InChI=1S/C15H22F3NO2/c1-10(8-19)20-9-11-5-12(14(2,3)4)7-13(6-11)21-15(16,17)18/h5-7,10H,8-9,19H2,1-4H3/t10-/m0/s1. The predicted molar refractivity (Wildman–Crippen MR) is 75.1 cm³/mol. The Bertz CT molecular complexity index is 467. The third-order valence-corrected chi connectivity index (χ3v) is 2.93. The molecule has 0 aliphatic carbocycles. The monoisotopic (exact) mass is 305 g/mol. The molecule has 0 unspecified atom stereocenters. The van der Waals surface area contributed by atoms with Crippen LogP contribution in [-0.2, 0) is 16.8 Å². The number of alkyl halides is 3. The zero-order chi connectivity index (χ0) is 16.3. The molecular formula is C15H22F3NO2. The second-order valence-electron chi connectivity index (χ2n) is 6.02. The van der Waals surface area contributed by atoms with Gasteiger partial charge in [0.05, 0.1) is 12.7 Å². The lowest BCUT2D eigenvalue weighted by Gasteiger charge is -2.22. The molecule has 0 heterocycles. The van der Waals surface area contributed by atoms with Gasteiger partial charge in [-0.2, -0.15) is 0 Å². The smallest absolute Gasteiger partial charge is 0.406 e. The fraction of sp³-hybridized carbons (Fsp3) is 0.600. The fourth-order valence-electron chi connectivity index (χ4n) is 1.68. The molecule has 0 aliphatic heterocycles. The second-order valence-corrected chi connectivity index (χ2v) is 6.02. The van der Waals surface area contributed by atoms with Gasteiger partial charge in [0.2, 0.25) is 0 Å². The third-order valence-electron chi connectivity index (χ3n) is 2.93. The molecule has 21 heavy (non-hydrogen) atoms. The van der Waals surface area contributed by atoms with Crippen LogP contribution in [0, 0.1) is 0 Å². The lowest BCUT2D eigenvalue weighted by Crippen LogP contribution is -2.21. The molecular weight excluding hydrogens is 283 g/mol. The van der Waals surface area contributed by atoms with Crippen molar-refractivity contribution in [3.8, 4) is 5.75 Å². The van der Waals surface area contributed by atoms with Crippen LogP contribution in [0.5, 0.6) is 5.75 Å². The minimum absolute atomic E-state index is 0.157. The first-order valence-electron chi connectivity index (χ1n) is 6.73. The van der Waals surface area contributed by atoms with Crippen LogP contribution in [0.2, 0.25) is 0 Å². The van der Waals surface area contributed by atoms with E-state index in [0.717, 1.165) is 5.56 Å². The van der Waals surface area contributed by atoms with Crippen LogP contribution >= 0.6 is 0 Å². The summed E-state index contributed by atoms with van der Waals surface area (Å²) >= 11 is 0. The van der Waals surface area contributed by atoms with Crippen LogP contribution < -0.4 is 10.5 Å². The Hall–Kier alpha value is -1.27. The topological polar surface area (TPSA) is 44.5 Å². The number of hydrogen-bond donors (Lipinski definition) is 1. The molecule has 0 radical (unpaired) electrons. The molecule has 1 atom stereocenters. The fourth-order valence-corrected chi connectivity index (χ4v) is 1.68. The van der Waals surface area contributed by atoms with E-state index < -0.39 is 6.36 Å². The van der Waals surface area contributed by atoms with Crippen molar-refractivity contribution in [2.45, 2.75) is 52.2 Å². The lowest BCUT2D eigenvalue weighted by atomic mass is 9.86. The quantitative estimate of drug-likeness (QED) is 0.901. The minimum Gasteiger partial charge on any atom is -0.406 e. The van der Waals surface area contributed by atoms with Crippen molar-refractivity contribution in [2.75, 3.05) is 6.54 Å². The van der Waals surface area contributed by atoms with Crippen molar-refractivity contribution in [2.24, 2.45) is 5.73 Å². The number of ether oxygens (including phenoxy) is 2. The molecule has 1 aromatic rings. The Kier molecular flexibility index (Phi) is 5.64. The summed E-state index contributed by atoms with van der Waals surface area (Å²) in [5, 5.41) is 0. The van der Waals surface area contributed by atoms with Crippen molar-refractivity contribution < 1.29 is 22.6 Å². The van der Waals surface area contributed by atoms with Gasteiger partial charge >= 0.3 is 6.36 Å². The number of rotatable bonds is 5. The summed E-state index contributed by atoms with van der Waals surface area (Å²) in [7, 11) is 0. The first-order chi connectivity index (χ1) is 9.51. The van der Waals surface area contributed by atoms with Gasteiger partial charge < -0.3 is 15.2 Å². The van der Waals surface area contributed by atoms with Gasteiger partial charge in [-0.05, 0) is 35.6 Å². The molecule has 6 heteroatoms. The van der Waals surface area contributed by atoms with Crippen molar-refractivity contribution >= 4 is 0 Å². The molecule has 0 saturated carbocycles. The molecule has 3 nitrogen and oxygen atoms in total. The van der Waals surface area contributed by atoms with Gasteiger partial charge in [0.1, 0.15) is 5.75 Å². The zero-order valence-corrected chi connectivity index (χ0v) is 12.8. The van der Waals surface area contributed by atoms with E-state index in [2.05, 4.69) is 4.74 Å². The molecule has 2 N–H and O–H groups in total. The first kappa shape index (κ1) is 17.8. The Morgan fingerprint density at radius 2 is 1.76 bits per heavy atom. The number of hydrogen-bond acceptors (Lipinski definition) is 3. The van der Waals surface area contributed by atoms with Crippen LogP contribution in [0.3, 0.4) is 0 Å². The van der Waals surface area contributed by atoms with E-state index >= 15 is 0 Å². The van der Waals surface area contributed by atoms with Crippen molar-refractivity contribution in [1.29, 1.82) is 0 Å². The summed E-state index contributed by atoms with van der Waals surface area (Å²) in [5.74, 6) is -0.228.